The van der Waals surface area contributed by atoms with Crippen LogP contribution < -0.4 is 0 Å². The summed E-state index contributed by atoms with van der Waals surface area (Å²) in [5.41, 5.74) is 0.434. The molecule has 0 atom stereocenters. The first-order valence-corrected chi connectivity index (χ1v) is 8.50. The van der Waals surface area contributed by atoms with E-state index in [-0.39, 0.29) is 0 Å². The molecule has 2 heteroatoms. The zero-order valence-corrected chi connectivity index (χ0v) is 12.1. The minimum Gasteiger partial charge on any atom is -0.343 e. The Hall–Kier alpha value is -0.530. The molecule has 4 aliphatic carbocycles. The van der Waals surface area contributed by atoms with Crippen LogP contribution in [0.25, 0.3) is 0 Å². The van der Waals surface area contributed by atoms with Gasteiger partial charge in [-0.05, 0) is 81.0 Å². The van der Waals surface area contributed by atoms with Crippen LogP contribution in [-0.2, 0) is 4.79 Å². The molecule has 4 bridgehead atoms. The van der Waals surface area contributed by atoms with Crippen LogP contribution >= 0.6 is 0 Å². The first-order valence-electron chi connectivity index (χ1n) is 8.50. The number of carbonyl (C=O) groups excluding carboxylic acids is 1. The summed E-state index contributed by atoms with van der Waals surface area (Å²) in [5, 5.41) is 0. The topological polar surface area (TPSA) is 20.3 Å². The molecule has 19 heavy (non-hydrogen) atoms. The minimum atomic E-state index is 0.434. The Balaban J connectivity index is 1.45. The third-order valence-electron chi connectivity index (χ3n) is 6.40. The lowest BCUT2D eigenvalue weighted by Crippen LogP contribution is -2.49. The lowest BCUT2D eigenvalue weighted by Gasteiger charge is -2.57. The summed E-state index contributed by atoms with van der Waals surface area (Å²) < 4.78 is 0. The van der Waals surface area contributed by atoms with Crippen LogP contribution in [0.4, 0.5) is 0 Å². The van der Waals surface area contributed by atoms with E-state index in [2.05, 4.69) is 4.90 Å². The second-order valence-electron chi connectivity index (χ2n) is 8.04. The van der Waals surface area contributed by atoms with Crippen molar-refractivity contribution in [3.05, 3.63) is 0 Å². The molecule has 0 aromatic rings. The van der Waals surface area contributed by atoms with E-state index >= 15 is 0 Å². The highest BCUT2D eigenvalue weighted by atomic mass is 16.2. The highest BCUT2D eigenvalue weighted by Crippen LogP contribution is 2.61. The van der Waals surface area contributed by atoms with Crippen LogP contribution in [0, 0.1) is 23.2 Å². The number of hydrogen-bond acceptors (Lipinski definition) is 1. The standard InChI is InChI=1S/C17H27NO/c19-16(18-4-2-1-3-5-18)12-17-9-13-6-14(10-17)8-15(7-13)11-17/h13-15H,1-12H2. The van der Waals surface area contributed by atoms with Gasteiger partial charge in [-0.1, -0.05) is 0 Å². The van der Waals surface area contributed by atoms with Gasteiger partial charge in [-0.25, -0.2) is 0 Å². The normalized spacial score (nSPS) is 44.6. The molecule has 106 valence electrons. The lowest BCUT2D eigenvalue weighted by molar-refractivity contribution is -0.140. The Morgan fingerprint density at radius 1 is 0.895 bits per heavy atom. The Morgan fingerprint density at radius 3 is 1.95 bits per heavy atom. The third kappa shape index (κ3) is 2.21. The van der Waals surface area contributed by atoms with E-state index in [1.807, 2.05) is 0 Å². The van der Waals surface area contributed by atoms with Gasteiger partial charge in [0.05, 0.1) is 0 Å². The van der Waals surface area contributed by atoms with Gasteiger partial charge in [-0.15, -0.1) is 0 Å². The summed E-state index contributed by atoms with van der Waals surface area (Å²) in [6.07, 6.45) is 13.2. The van der Waals surface area contributed by atoms with Gasteiger partial charge in [0, 0.05) is 19.5 Å². The van der Waals surface area contributed by atoms with Crippen molar-refractivity contribution >= 4 is 5.91 Å². The molecule has 0 unspecified atom stereocenters. The van der Waals surface area contributed by atoms with Crippen molar-refractivity contribution in [2.45, 2.75) is 64.2 Å². The number of carbonyl (C=O) groups is 1. The van der Waals surface area contributed by atoms with Crippen LogP contribution in [-0.4, -0.2) is 23.9 Å². The Morgan fingerprint density at radius 2 is 1.42 bits per heavy atom. The van der Waals surface area contributed by atoms with Crippen molar-refractivity contribution in [3.8, 4) is 0 Å². The lowest BCUT2D eigenvalue weighted by atomic mass is 9.49. The first-order chi connectivity index (χ1) is 9.22. The summed E-state index contributed by atoms with van der Waals surface area (Å²) in [6.45, 7) is 2.07. The number of nitrogens with zero attached hydrogens (tertiary/aromatic N) is 1. The maximum absolute atomic E-state index is 12.6. The highest BCUT2D eigenvalue weighted by molar-refractivity contribution is 5.77. The Bertz CT molecular complexity index is 334. The number of amides is 1. The van der Waals surface area contributed by atoms with E-state index in [0.717, 1.165) is 37.3 Å². The minimum absolute atomic E-state index is 0.434. The third-order valence-corrected chi connectivity index (χ3v) is 6.40. The predicted octanol–water partition coefficient (Wildman–Crippen LogP) is 3.61. The summed E-state index contributed by atoms with van der Waals surface area (Å²) in [6, 6.07) is 0. The average molecular weight is 261 g/mol. The van der Waals surface area contributed by atoms with Crippen molar-refractivity contribution in [1.29, 1.82) is 0 Å². The van der Waals surface area contributed by atoms with Crippen LogP contribution in [0.15, 0.2) is 0 Å². The zero-order valence-electron chi connectivity index (χ0n) is 12.1. The molecule has 5 rings (SSSR count). The molecule has 0 aromatic heterocycles. The molecule has 2 nitrogen and oxygen atoms in total. The molecule has 0 radical (unpaired) electrons. The van der Waals surface area contributed by atoms with Crippen molar-refractivity contribution in [2.24, 2.45) is 23.2 Å². The molecular formula is C17H27NO. The fourth-order valence-electron chi connectivity index (χ4n) is 6.08. The predicted molar refractivity (Wildman–Crippen MR) is 75.7 cm³/mol. The fraction of sp³-hybridized carbons (Fsp3) is 0.941. The first kappa shape index (κ1) is 12.2. The largest absolute Gasteiger partial charge is 0.343 e. The van der Waals surface area contributed by atoms with Gasteiger partial charge in [-0.3, -0.25) is 4.79 Å². The summed E-state index contributed by atoms with van der Waals surface area (Å²) >= 11 is 0. The second kappa shape index (κ2) is 4.49. The second-order valence-corrected chi connectivity index (χ2v) is 8.04. The van der Waals surface area contributed by atoms with Crippen molar-refractivity contribution < 1.29 is 4.79 Å². The molecule has 4 saturated carbocycles. The monoisotopic (exact) mass is 261 g/mol. The van der Waals surface area contributed by atoms with E-state index in [4.69, 9.17) is 0 Å². The quantitative estimate of drug-likeness (QED) is 0.743. The maximum Gasteiger partial charge on any atom is 0.223 e. The molecular weight excluding hydrogens is 234 g/mol. The van der Waals surface area contributed by atoms with Gasteiger partial charge in [0.25, 0.3) is 0 Å². The van der Waals surface area contributed by atoms with E-state index < -0.39 is 0 Å². The van der Waals surface area contributed by atoms with Gasteiger partial charge in [0.1, 0.15) is 0 Å². The molecule has 1 aliphatic heterocycles. The summed E-state index contributed by atoms with van der Waals surface area (Å²) in [4.78, 5) is 14.8. The summed E-state index contributed by atoms with van der Waals surface area (Å²) in [7, 11) is 0. The number of rotatable bonds is 2. The van der Waals surface area contributed by atoms with Crippen LogP contribution in [0.3, 0.4) is 0 Å². The van der Waals surface area contributed by atoms with Crippen molar-refractivity contribution in [2.75, 3.05) is 13.1 Å². The molecule has 0 N–H and O–H groups in total. The van der Waals surface area contributed by atoms with E-state index in [1.165, 1.54) is 57.8 Å². The number of hydrogen-bond donors (Lipinski definition) is 0. The van der Waals surface area contributed by atoms with Crippen LogP contribution in [0.5, 0.6) is 0 Å². The molecule has 0 aromatic carbocycles. The maximum atomic E-state index is 12.6. The van der Waals surface area contributed by atoms with Gasteiger partial charge >= 0.3 is 0 Å². The van der Waals surface area contributed by atoms with Crippen molar-refractivity contribution in [1.82, 2.24) is 4.90 Å². The van der Waals surface area contributed by atoms with Crippen LogP contribution in [0.1, 0.15) is 64.2 Å². The Labute approximate surface area is 116 Å². The van der Waals surface area contributed by atoms with Crippen molar-refractivity contribution in [3.63, 3.8) is 0 Å². The number of piperidine rings is 1. The van der Waals surface area contributed by atoms with Crippen LogP contribution in [0.2, 0.25) is 0 Å². The smallest absolute Gasteiger partial charge is 0.223 e. The van der Waals surface area contributed by atoms with Gasteiger partial charge < -0.3 is 4.90 Å². The Kier molecular flexibility index (Phi) is 2.89. The molecule has 1 heterocycles. The zero-order chi connectivity index (χ0) is 12.9. The molecule has 0 spiro atoms. The highest BCUT2D eigenvalue weighted by Gasteiger charge is 2.51. The molecule has 1 saturated heterocycles. The number of likely N-dealkylation sites (tertiary alicyclic amines) is 1. The van der Waals surface area contributed by atoms with Gasteiger partial charge in [0.2, 0.25) is 5.91 Å². The molecule has 1 amide bonds. The van der Waals surface area contributed by atoms with Gasteiger partial charge in [0.15, 0.2) is 0 Å². The molecule has 5 fully saturated rings. The van der Waals surface area contributed by atoms with E-state index in [0.29, 0.717) is 11.3 Å². The molecule has 5 aliphatic rings. The van der Waals surface area contributed by atoms with E-state index in [9.17, 15) is 4.79 Å². The fourth-order valence-corrected chi connectivity index (χ4v) is 6.08. The summed E-state index contributed by atoms with van der Waals surface area (Å²) in [5.74, 6) is 3.41. The van der Waals surface area contributed by atoms with Gasteiger partial charge in [-0.2, -0.15) is 0 Å². The van der Waals surface area contributed by atoms with E-state index in [1.54, 1.807) is 0 Å². The average Bonchev–Trinajstić information content (AvgIpc) is 2.37. The SMILES string of the molecule is O=C(CC12CC3CC(CC(C3)C1)C2)N1CCCCC1.